The molecule has 188 valence electrons. The molecule has 4 rings (SSSR count). The average molecular weight is 615 g/mol. The van der Waals surface area contributed by atoms with Crippen molar-refractivity contribution in [2.75, 3.05) is 37.3 Å². The number of benzene rings is 1. The van der Waals surface area contributed by atoms with Crippen molar-refractivity contribution in [3.05, 3.63) is 35.1 Å². The topological polar surface area (TPSA) is 54.5 Å². The van der Waals surface area contributed by atoms with Crippen LogP contribution in [0.1, 0.15) is 46.5 Å². The second-order valence-corrected chi connectivity index (χ2v) is 12.7. The fraction of sp³-hybridized carbons (Fsp3) is 0.615. The first-order chi connectivity index (χ1) is 16.2. The van der Waals surface area contributed by atoms with Gasteiger partial charge in [-0.05, 0) is 111 Å². The van der Waals surface area contributed by atoms with E-state index in [4.69, 9.17) is 4.74 Å². The third kappa shape index (κ3) is 8.99. The Morgan fingerprint density at radius 1 is 1.24 bits per heavy atom. The zero-order valence-corrected chi connectivity index (χ0v) is 24.5. The van der Waals surface area contributed by atoms with Gasteiger partial charge in [-0.25, -0.2) is 4.79 Å². The van der Waals surface area contributed by atoms with Crippen LogP contribution in [0, 0.1) is 11.8 Å². The lowest BCUT2D eigenvalue weighted by atomic mass is 10.0. The fourth-order valence-corrected chi connectivity index (χ4v) is 6.49. The molecule has 2 saturated heterocycles. The van der Waals surface area contributed by atoms with Crippen LogP contribution < -0.4 is 5.32 Å². The highest BCUT2D eigenvalue weighted by Gasteiger charge is 2.26. The smallest absolute Gasteiger partial charge is 0.410 e. The van der Waals surface area contributed by atoms with Crippen molar-refractivity contribution in [2.24, 2.45) is 11.8 Å². The van der Waals surface area contributed by atoms with Gasteiger partial charge in [0.2, 0.25) is 0 Å². The Kier molecular flexibility index (Phi) is 11.0. The number of ether oxygens (including phenoxy) is 1. The maximum atomic E-state index is 11.8. The van der Waals surface area contributed by atoms with Gasteiger partial charge in [-0.2, -0.15) is 0 Å². The van der Waals surface area contributed by atoms with E-state index in [-0.39, 0.29) is 6.09 Å². The molecule has 2 unspecified atom stereocenters. The molecule has 2 aliphatic rings. The van der Waals surface area contributed by atoms with Crippen molar-refractivity contribution in [1.82, 2.24) is 15.2 Å². The first-order valence-electron chi connectivity index (χ1n) is 12.2. The molecule has 5 nitrogen and oxygen atoms in total. The van der Waals surface area contributed by atoms with E-state index in [1.165, 1.54) is 58.2 Å². The van der Waals surface area contributed by atoms with Crippen LogP contribution in [-0.4, -0.2) is 58.8 Å². The number of carbonyl (C=O) groups is 1. The second-order valence-electron chi connectivity index (χ2n) is 10.1. The highest BCUT2D eigenvalue weighted by atomic mass is 79.9. The van der Waals surface area contributed by atoms with E-state index in [9.17, 15) is 4.79 Å². The molecule has 2 atom stereocenters. The van der Waals surface area contributed by atoms with E-state index in [2.05, 4.69) is 60.4 Å². The summed E-state index contributed by atoms with van der Waals surface area (Å²) < 4.78 is 6.52. The maximum Gasteiger partial charge on any atom is 0.410 e. The number of amides is 1. The molecule has 1 amide bonds. The molecule has 8 heteroatoms. The van der Waals surface area contributed by atoms with E-state index in [0.717, 1.165) is 30.8 Å². The summed E-state index contributed by atoms with van der Waals surface area (Å²) in [5, 5.41) is 6.91. The van der Waals surface area contributed by atoms with Crippen LogP contribution in [-0.2, 0) is 4.74 Å². The van der Waals surface area contributed by atoms with Crippen molar-refractivity contribution in [1.29, 1.82) is 0 Å². The second kappa shape index (κ2) is 13.5. The summed E-state index contributed by atoms with van der Waals surface area (Å²) in [4.78, 5) is 19.1. The van der Waals surface area contributed by atoms with Crippen molar-refractivity contribution in [3.63, 3.8) is 0 Å². The molecule has 0 aliphatic carbocycles. The Morgan fingerprint density at radius 2 is 2.03 bits per heavy atom. The summed E-state index contributed by atoms with van der Waals surface area (Å²) in [5.41, 5.74) is -0.390. The quantitative estimate of drug-likeness (QED) is 0.294. The average Bonchev–Trinajstić information content (AvgIpc) is 2.83. The van der Waals surface area contributed by atoms with Gasteiger partial charge in [-0.15, -0.1) is 11.8 Å². The lowest BCUT2D eigenvalue weighted by Gasteiger charge is -2.33. The Labute approximate surface area is 225 Å². The SMILES string of the molecule is Brc1cc2cnccc2cc1SCC1CCCNC1.CC(C)(C)OC(=O)N1CCCC(CBr)C1. The fourth-order valence-electron chi connectivity index (χ4n) is 4.16. The van der Waals surface area contributed by atoms with Gasteiger partial charge >= 0.3 is 6.09 Å². The predicted octanol–water partition coefficient (Wildman–Crippen LogP) is 7.12. The normalized spacial score (nSPS) is 21.0. The minimum absolute atomic E-state index is 0.173. The molecule has 2 aromatic rings. The largest absolute Gasteiger partial charge is 0.444 e. The number of aromatic nitrogens is 1. The number of likely N-dealkylation sites (tertiary alicyclic amines) is 1. The molecule has 0 saturated carbocycles. The highest BCUT2D eigenvalue weighted by molar-refractivity contribution is 9.10. The molecule has 34 heavy (non-hydrogen) atoms. The van der Waals surface area contributed by atoms with E-state index < -0.39 is 5.60 Å². The van der Waals surface area contributed by atoms with Crippen LogP contribution in [0.5, 0.6) is 0 Å². The number of nitrogens with zero attached hydrogens (tertiary/aromatic N) is 2. The molecule has 1 aromatic carbocycles. The van der Waals surface area contributed by atoms with E-state index in [0.29, 0.717) is 5.92 Å². The molecule has 0 bridgehead atoms. The molecule has 2 fully saturated rings. The van der Waals surface area contributed by atoms with Gasteiger partial charge < -0.3 is 15.0 Å². The Bertz CT molecular complexity index is 932. The molecule has 0 radical (unpaired) electrons. The number of hydrogen-bond donors (Lipinski definition) is 1. The molecule has 1 aromatic heterocycles. The zero-order valence-electron chi connectivity index (χ0n) is 20.5. The number of carbonyl (C=O) groups excluding carboxylic acids is 1. The first-order valence-corrected chi connectivity index (χ1v) is 15.1. The van der Waals surface area contributed by atoms with Crippen LogP contribution in [0.3, 0.4) is 0 Å². The monoisotopic (exact) mass is 613 g/mol. The Balaban J connectivity index is 0.000000197. The standard InChI is InChI=1S/C15H17BrN2S.C11H20BrNO2/c16-14-6-13-9-18-5-3-12(13)7-15(14)19-10-11-2-1-4-17-8-11;1-11(2,3)15-10(14)13-6-4-5-9(7-12)8-13/h3,5-7,9,11,17H,1-2,4,8,10H2;9H,4-8H2,1-3H3. The van der Waals surface area contributed by atoms with E-state index in [1.54, 1.807) is 0 Å². The number of fused-ring (bicyclic) bond motifs is 1. The first kappa shape index (κ1) is 27.8. The van der Waals surface area contributed by atoms with Crippen molar-refractivity contribution < 1.29 is 9.53 Å². The van der Waals surface area contributed by atoms with Crippen molar-refractivity contribution >= 4 is 60.5 Å². The maximum absolute atomic E-state index is 11.8. The summed E-state index contributed by atoms with van der Waals surface area (Å²) in [6.45, 7) is 9.71. The number of piperidine rings is 2. The molecule has 0 spiro atoms. The summed E-state index contributed by atoms with van der Waals surface area (Å²) in [7, 11) is 0. The van der Waals surface area contributed by atoms with Gasteiger partial charge in [0.15, 0.2) is 0 Å². The van der Waals surface area contributed by atoms with Gasteiger partial charge in [-0.1, -0.05) is 15.9 Å². The molecule has 2 aliphatic heterocycles. The summed E-state index contributed by atoms with van der Waals surface area (Å²) >= 11 is 9.11. The third-order valence-corrected chi connectivity index (χ3v) is 9.07. The summed E-state index contributed by atoms with van der Waals surface area (Å²) in [6.07, 6.45) is 8.55. The lowest BCUT2D eigenvalue weighted by Crippen LogP contribution is -2.43. The molecular formula is C26H37Br2N3O2S. The van der Waals surface area contributed by atoms with Crippen molar-refractivity contribution in [3.8, 4) is 0 Å². The van der Waals surface area contributed by atoms with E-state index >= 15 is 0 Å². The number of alkyl halides is 1. The van der Waals surface area contributed by atoms with Gasteiger partial charge in [0.25, 0.3) is 0 Å². The van der Waals surface area contributed by atoms with Crippen LogP contribution in [0.25, 0.3) is 10.8 Å². The molecule has 1 N–H and O–H groups in total. The number of nitrogens with one attached hydrogen (secondary N) is 1. The number of halogens is 2. The summed E-state index contributed by atoms with van der Waals surface area (Å²) in [6, 6.07) is 6.51. The van der Waals surface area contributed by atoms with E-state index in [1.807, 2.05) is 49.8 Å². The van der Waals surface area contributed by atoms with Gasteiger partial charge in [0.1, 0.15) is 5.60 Å². The zero-order chi connectivity index (χ0) is 24.6. The lowest BCUT2D eigenvalue weighted by molar-refractivity contribution is 0.0177. The van der Waals surface area contributed by atoms with Crippen LogP contribution in [0.2, 0.25) is 0 Å². The minimum atomic E-state index is -0.390. The van der Waals surface area contributed by atoms with Crippen LogP contribution >= 0.6 is 43.6 Å². The number of hydrogen-bond acceptors (Lipinski definition) is 5. The van der Waals surface area contributed by atoms with Gasteiger partial charge in [0.05, 0.1) is 0 Å². The number of rotatable bonds is 4. The van der Waals surface area contributed by atoms with Gasteiger partial charge in [0, 0.05) is 51.3 Å². The van der Waals surface area contributed by atoms with Crippen molar-refractivity contribution in [2.45, 2.75) is 57.0 Å². The minimum Gasteiger partial charge on any atom is -0.444 e. The highest BCUT2D eigenvalue weighted by Crippen LogP contribution is 2.33. The van der Waals surface area contributed by atoms with Crippen LogP contribution in [0.4, 0.5) is 4.79 Å². The van der Waals surface area contributed by atoms with Gasteiger partial charge in [-0.3, -0.25) is 4.98 Å². The summed E-state index contributed by atoms with van der Waals surface area (Å²) in [5.74, 6) is 2.58. The third-order valence-electron chi connectivity index (χ3n) is 5.95. The number of pyridine rings is 1. The Morgan fingerprint density at radius 3 is 2.74 bits per heavy atom. The van der Waals surface area contributed by atoms with Crippen LogP contribution in [0.15, 0.2) is 40.0 Å². The molecular weight excluding hydrogens is 578 g/mol. The number of thioether (sulfide) groups is 1. The molecule has 3 heterocycles. The Hall–Kier alpha value is -0.830. The predicted molar refractivity (Wildman–Crippen MR) is 150 cm³/mol.